The zero-order valence-corrected chi connectivity index (χ0v) is 12.6. The van der Waals surface area contributed by atoms with Crippen molar-refractivity contribution in [3.63, 3.8) is 0 Å². The normalized spacial score (nSPS) is 10.2. The highest BCUT2D eigenvalue weighted by atomic mass is 35.5. The number of carbonyl (C=O) groups excluding carboxylic acids is 1. The summed E-state index contributed by atoms with van der Waals surface area (Å²) < 4.78 is 0. The van der Waals surface area contributed by atoms with Crippen molar-refractivity contribution in [2.75, 3.05) is 5.32 Å². The Morgan fingerprint density at radius 1 is 1.43 bits per heavy atom. The zero-order chi connectivity index (χ0) is 15.4. The molecule has 2 aromatic rings. The molecule has 1 aromatic carbocycles. The largest absolute Gasteiger partial charge is 0.478 e. The molecule has 0 saturated heterocycles. The molecule has 0 fully saturated rings. The van der Waals surface area contributed by atoms with Crippen molar-refractivity contribution in [2.45, 2.75) is 13.5 Å². The van der Waals surface area contributed by atoms with Gasteiger partial charge in [-0.2, -0.15) is 0 Å². The first-order chi connectivity index (χ1) is 9.97. The molecular formula is C13H12ClN3O3S. The number of nitrogens with one attached hydrogen (secondary N) is 2. The van der Waals surface area contributed by atoms with Gasteiger partial charge in [0.05, 0.1) is 28.3 Å². The van der Waals surface area contributed by atoms with Gasteiger partial charge in [0.1, 0.15) is 0 Å². The molecule has 0 atom stereocenters. The lowest BCUT2D eigenvalue weighted by atomic mass is 10.2. The van der Waals surface area contributed by atoms with Crippen molar-refractivity contribution in [3.8, 4) is 0 Å². The van der Waals surface area contributed by atoms with E-state index in [0.717, 1.165) is 10.6 Å². The lowest BCUT2D eigenvalue weighted by molar-refractivity contribution is 0.0697. The summed E-state index contributed by atoms with van der Waals surface area (Å²) in [7, 11) is 0. The number of rotatable bonds is 4. The third-order valence-electron chi connectivity index (χ3n) is 2.71. The summed E-state index contributed by atoms with van der Waals surface area (Å²) in [6.45, 7) is 2.25. The van der Waals surface area contributed by atoms with Crippen LogP contribution in [0.2, 0.25) is 5.02 Å². The number of anilines is 1. The number of aromatic carboxylic acids is 1. The second-order valence-corrected chi connectivity index (χ2v) is 5.51. The lowest BCUT2D eigenvalue weighted by Gasteiger charge is -2.08. The van der Waals surface area contributed by atoms with Gasteiger partial charge in [-0.15, -0.1) is 11.3 Å². The second kappa shape index (κ2) is 6.55. The number of thiazole rings is 1. The first-order valence-corrected chi connectivity index (χ1v) is 7.20. The predicted octanol–water partition coefficient (Wildman–Crippen LogP) is 3.12. The van der Waals surface area contributed by atoms with Crippen molar-refractivity contribution in [2.24, 2.45) is 0 Å². The predicted molar refractivity (Wildman–Crippen MR) is 81.1 cm³/mol. The molecule has 0 radical (unpaired) electrons. The van der Waals surface area contributed by atoms with E-state index in [2.05, 4.69) is 15.6 Å². The van der Waals surface area contributed by atoms with Crippen molar-refractivity contribution in [1.29, 1.82) is 0 Å². The zero-order valence-electron chi connectivity index (χ0n) is 11.0. The van der Waals surface area contributed by atoms with Crippen molar-refractivity contribution >= 4 is 40.6 Å². The standard InChI is InChI=1S/C13H12ClN3O3S/c1-7-11(21-6-16-7)5-15-13(20)17-8-2-3-9(12(18)19)10(14)4-8/h2-4,6H,5H2,1H3,(H,18,19)(H2,15,17,20). The Balaban J connectivity index is 1.95. The van der Waals surface area contributed by atoms with Crippen LogP contribution in [0.25, 0.3) is 0 Å². The van der Waals surface area contributed by atoms with Crippen LogP contribution < -0.4 is 10.6 Å². The van der Waals surface area contributed by atoms with Crippen molar-refractivity contribution < 1.29 is 14.7 Å². The van der Waals surface area contributed by atoms with Gasteiger partial charge in [0.15, 0.2) is 0 Å². The summed E-state index contributed by atoms with van der Waals surface area (Å²) >= 11 is 7.29. The first-order valence-electron chi connectivity index (χ1n) is 5.94. The molecule has 1 heterocycles. The van der Waals surface area contributed by atoms with E-state index >= 15 is 0 Å². The van der Waals surface area contributed by atoms with E-state index < -0.39 is 12.0 Å². The van der Waals surface area contributed by atoms with Crippen molar-refractivity contribution in [3.05, 3.63) is 44.9 Å². The van der Waals surface area contributed by atoms with Gasteiger partial charge in [0, 0.05) is 10.6 Å². The quantitative estimate of drug-likeness (QED) is 0.805. The maximum atomic E-state index is 11.8. The topological polar surface area (TPSA) is 91.3 Å². The first kappa shape index (κ1) is 15.3. The number of aryl methyl sites for hydroxylation is 1. The lowest BCUT2D eigenvalue weighted by Crippen LogP contribution is -2.28. The van der Waals surface area contributed by atoms with Gasteiger partial charge in [-0.25, -0.2) is 14.6 Å². The SMILES string of the molecule is Cc1ncsc1CNC(=O)Nc1ccc(C(=O)O)c(Cl)c1. The van der Waals surface area contributed by atoms with Gasteiger partial charge >= 0.3 is 12.0 Å². The van der Waals surface area contributed by atoms with Crippen LogP contribution in [-0.2, 0) is 6.54 Å². The Morgan fingerprint density at radius 3 is 2.76 bits per heavy atom. The second-order valence-electron chi connectivity index (χ2n) is 4.17. The van der Waals surface area contributed by atoms with Gasteiger partial charge < -0.3 is 15.7 Å². The van der Waals surface area contributed by atoms with Gasteiger partial charge in [0.2, 0.25) is 0 Å². The molecule has 8 heteroatoms. The van der Waals surface area contributed by atoms with Crippen LogP contribution in [0, 0.1) is 6.92 Å². The number of hydrogen-bond acceptors (Lipinski definition) is 4. The monoisotopic (exact) mass is 325 g/mol. The third-order valence-corrected chi connectivity index (χ3v) is 3.96. The Bertz CT molecular complexity index is 687. The molecule has 0 aliphatic rings. The Kier molecular flexibility index (Phi) is 4.77. The summed E-state index contributed by atoms with van der Waals surface area (Å²) in [5.74, 6) is -1.11. The number of nitrogens with zero attached hydrogens (tertiary/aromatic N) is 1. The number of carboxylic acids is 1. The Labute approximate surface area is 129 Å². The Morgan fingerprint density at radius 2 is 2.19 bits per heavy atom. The molecule has 6 nitrogen and oxygen atoms in total. The molecule has 2 amide bonds. The smallest absolute Gasteiger partial charge is 0.337 e. The highest BCUT2D eigenvalue weighted by Gasteiger charge is 2.10. The molecule has 0 saturated carbocycles. The van der Waals surface area contributed by atoms with Crippen LogP contribution in [0.15, 0.2) is 23.7 Å². The highest BCUT2D eigenvalue weighted by Crippen LogP contribution is 2.21. The number of halogens is 1. The molecule has 0 spiro atoms. The molecular weight excluding hydrogens is 314 g/mol. The molecule has 0 aliphatic heterocycles. The molecule has 0 aliphatic carbocycles. The number of aromatic nitrogens is 1. The molecule has 21 heavy (non-hydrogen) atoms. The minimum absolute atomic E-state index is 0.0112. The number of carbonyl (C=O) groups is 2. The van der Waals surface area contributed by atoms with E-state index in [0.29, 0.717) is 12.2 Å². The van der Waals surface area contributed by atoms with E-state index in [4.69, 9.17) is 16.7 Å². The fraction of sp³-hybridized carbons (Fsp3) is 0.154. The molecule has 2 rings (SSSR count). The maximum absolute atomic E-state index is 11.8. The maximum Gasteiger partial charge on any atom is 0.337 e. The molecule has 0 bridgehead atoms. The van der Waals surface area contributed by atoms with Crippen LogP contribution in [-0.4, -0.2) is 22.1 Å². The summed E-state index contributed by atoms with van der Waals surface area (Å²) in [6.07, 6.45) is 0. The van der Waals surface area contributed by atoms with Gasteiger partial charge in [-0.1, -0.05) is 11.6 Å². The molecule has 110 valence electrons. The van der Waals surface area contributed by atoms with E-state index in [1.165, 1.54) is 29.5 Å². The van der Waals surface area contributed by atoms with E-state index in [9.17, 15) is 9.59 Å². The van der Waals surface area contributed by atoms with E-state index in [1.54, 1.807) is 5.51 Å². The summed E-state index contributed by atoms with van der Waals surface area (Å²) in [4.78, 5) is 27.7. The summed E-state index contributed by atoms with van der Waals surface area (Å²) in [6, 6.07) is 3.81. The van der Waals surface area contributed by atoms with E-state index in [1.807, 2.05) is 6.92 Å². The summed E-state index contributed by atoms with van der Waals surface area (Å²) in [5.41, 5.74) is 3.01. The van der Waals surface area contributed by atoms with Gasteiger partial charge in [-0.3, -0.25) is 0 Å². The fourth-order valence-electron chi connectivity index (χ4n) is 1.60. The molecule has 3 N–H and O–H groups in total. The average Bonchev–Trinajstić information content (AvgIpc) is 2.81. The van der Waals surface area contributed by atoms with Crippen LogP contribution >= 0.6 is 22.9 Å². The van der Waals surface area contributed by atoms with Crippen LogP contribution in [0.3, 0.4) is 0 Å². The number of amides is 2. The van der Waals surface area contributed by atoms with Crippen molar-refractivity contribution in [1.82, 2.24) is 10.3 Å². The summed E-state index contributed by atoms with van der Waals surface area (Å²) in [5, 5.41) is 14.2. The van der Waals surface area contributed by atoms with Crippen LogP contribution in [0.4, 0.5) is 10.5 Å². The van der Waals surface area contributed by atoms with Gasteiger partial charge in [0.25, 0.3) is 0 Å². The van der Waals surface area contributed by atoms with Crippen LogP contribution in [0.1, 0.15) is 20.9 Å². The molecule has 0 unspecified atom stereocenters. The Hall–Kier alpha value is -2.12. The average molecular weight is 326 g/mol. The minimum atomic E-state index is -1.11. The number of hydrogen-bond donors (Lipinski definition) is 3. The molecule has 1 aromatic heterocycles. The highest BCUT2D eigenvalue weighted by molar-refractivity contribution is 7.09. The van der Waals surface area contributed by atoms with E-state index in [-0.39, 0.29) is 10.6 Å². The fourth-order valence-corrected chi connectivity index (χ4v) is 2.58. The number of urea groups is 1. The van der Waals surface area contributed by atoms with Gasteiger partial charge in [-0.05, 0) is 25.1 Å². The third kappa shape index (κ3) is 3.93. The number of benzene rings is 1. The van der Waals surface area contributed by atoms with Crippen LogP contribution in [0.5, 0.6) is 0 Å². The number of carboxylic acid groups (broad SMARTS) is 1. The minimum Gasteiger partial charge on any atom is -0.478 e.